The van der Waals surface area contributed by atoms with E-state index in [0.717, 1.165) is 5.37 Å². The van der Waals surface area contributed by atoms with Crippen molar-refractivity contribution in [2.75, 3.05) is 0 Å². The average molecular weight is 86.1 g/mol. The number of hydrogen-bond donors (Lipinski definition) is 0. The van der Waals surface area contributed by atoms with Crippen LogP contribution in [-0.4, -0.2) is 9.58 Å². The summed E-state index contributed by atoms with van der Waals surface area (Å²) >= 11 is 0.291. The topological polar surface area (TPSA) is 17.1 Å². The van der Waals surface area contributed by atoms with E-state index in [0.29, 0.717) is 11.3 Å². The lowest BCUT2D eigenvalue weighted by Crippen LogP contribution is -1.51. The molecule has 0 aromatic carbocycles. The average Bonchev–Trinajstić information content (AvgIpc) is 1.41. The van der Waals surface area contributed by atoms with E-state index in [9.17, 15) is 4.21 Å². The Hall–Kier alpha value is -0.550. The molecule has 0 N–H and O–H groups in total. The second-order valence-electron chi connectivity index (χ2n) is 0.381. The first kappa shape index (κ1) is 4.45. The Morgan fingerprint density at radius 2 is 2.60 bits per heavy atom. The lowest BCUT2D eigenvalue weighted by atomic mass is 10.8. The van der Waals surface area contributed by atoms with Crippen LogP contribution in [0.3, 0.4) is 0 Å². The van der Waals surface area contributed by atoms with Gasteiger partial charge in [-0.05, 0) is 0 Å². The molecule has 0 aliphatic carbocycles. The van der Waals surface area contributed by atoms with Crippen molar-refractivity contribution in [3.8, 4) is 12.3 Å². The SMILES string of the molecule is C#CC=S=O. The Morgan fingerprint density at radius 1 is 2.00 bits per heavy atom. The van der Waals surface area contributed by atoms with Gasteiger partial charge in [0.25, 0.3) is 0 Å². The van der Waals surface area contributed by atoms with Crippen molar-refractivity contribution in [1.82, 2.24) is 0 Å². The molecule has 0 aliphatic heterocycles. The first-order valence-corrected chi connectivity index (χ1v) is 1.78. The van der Waals surface area contributed by atoms with E-state index < -0.39 is 0 Å². The molecular weight excluding hydrogens is 84.1 g/mol. The van der Waals surface area contributed by atoms with Gasteiger partial charge in [0.05, 0.1) is 16.6 Å². The summed E-state index contributed by atoms with van der Waals surface area (Å²) in [6, 6.07) is 0. The van der Waals surface area contributed by atoms with Crippen molar-refractivity contribution in [1.29, 1.82) is 0 Å². The minimum absolute atomic E-state index is 0.291. The van der Waals surface area contributed by atoms with Crippen LogP contribution in [0.4, 0.5) is 0 Å². The molecule has 0 rings (SSSR count). The summed E-state index contributed by atoms with van der Waals surface area (Å²) in [5, 5.41) is 1.14. The minimum atomic E-state index is 0.291. The van der Waals surface area contributed by atoms with Crippen molar-refractivity contribution in [2.24, 2.45) is 0 Å². The molecule has 0 radical (unpaired) electrons. The molecule has 0 saturated carbocycles. The summed E-state index contributed by atoms with van der Waals surface area (Å²) in [6.45, 7) is 0. The maximum absolute atomic E-state index is 9.25. The molecule has 0 saturated heterocycles. The van der Waals surface area contributed by atoms with Gasteiger partial charge in [-0.1, -0.05) is 5.92 Å². The van der Waals surface area contributed by atoms with Gasteiger partial charge in [0.2, 0.25) is 0 Å². The van der Waals surface area contributed by atoms with E-state index in [1.54, 1.807) is 0 Å². The maximum Gasteiger partial charge on any atom is 0.0976 e. The van der Waals surface area contributed by atoms with Gasteiger partial charge >= 0.3 is 0 Å². The molecule has 0 atom stereocenters. The van der Waals surface area contributed by atoms with Crippen LogP contribution in [0, 0.1) is 12.3 Å². The predicted octanol–water partition coefficient (Wildman–Crippen LogP) is -0.365. The lowest BCUT2D eigenvalue weighted by Gasteiger charge is -1.37. The van der Waals surface area contributed by atoms with Crippen LogP contribution in [-0.2, 0) is 11.3 Å². The number of hydrogen-bond acceptors (Lipinski definition) is 1. The summed E-state index contributed by atoms with van der Waals surface area (Å²) in [5.41, 5.74) is 0. The normalized spacial score (nSPS) is 4.60. The van der Waals surface area contributed by atoms with Crippen molar-refractivity contribution >= 4 is 16.6 Å². The Kier molecular flexibility index (Phi) is 3.07. The van der Waals surface area contributed by atoms with Crippen LogP contribution >= 0.6 is 0 Å². The fourth-order valence-electron chi connectivity index (χ4n) is 0.0278. The van der Waals surface area contributed by atoms with Gasteiger partial charge in [0, 0.05) is 0 Å². The molecule has 2 heteroatoms. The molecular formula is C3H2OS. The Balaban J connectivity index is 3.46. The first-order valence-electron chi connectivity index (χ1n) is 0.980. The quantitative estimate of drug-likeness (QED) is 0.290. The van der Waals surface area contributed by atoms with Crippen LogP contribution in [0.25, 0.3) is 0 Å². The standard InChI is InChI=1S/C3H2OS/c1-2-3-5-4/h1,3H. The molecule has 0 fully saturated rings. The van der Waals surface area contributed by atoms with Crippen molar-refractivity contribution in [3.05, 3.63) is 0 Å². The highest BCUT2D eigenvalue weighted by atomic mass is 32.1. The largest absolute Gasteiger partial charge is 0.212 e. The van der Waals surface area contributed by atoms with Crippen LogP contribution in [0.2, 0.25) is 0 Å². The fraction of sp³-hybridized carbons (Fsp3) is 0. The summed E-state index contributed by atoms with van der Waals surface area (Å²) < 4.78 is 9.25. The van der Waals surface area contributed by atoms with Gasteiger partial charge in [-0.15, -0.1) is 6.42 Å². The zero-order valence-corrected chi connectivity index (χ0v) is 3.29. The predicted molar refractivity (Wildman–Crippen MR) is 23.0 cm³/mol. The third-order valence-corrected chi connectivity index (χ3v) is 0.348. The van der Waals surface area contributed by atoms with Crippen LogP contribution < -0.4 is 0 Å². The van der Waals surface area contributed by atoms with Crippen molar-refractivity contribution in [3.63, 3.8) is 0 Å². The Bertz CT molecular complexity index is 94.0. The molecule has 0 aliphatic rings. The molecule has 0 heterocycles. The zero-order chi connectivity index (χ0) is 4.12. The maximum atomic E-state index is 9.25. The van der Waals surface area contributed by atoms with Gasteiger partial charge in [-0.3, -0.25) is 0 Å². The second-order valence-corrected chi connectivity index (χ2v) is 0.809. The second kappa shape index (κ2) is 3.45. The summed E-state index contributed by atoms with van der Waals surface area (Å²) in [4.78, 5) is 0. The molecule has 5 heavy (non-hydrogen) atoms. The van der Waals surface area contributed by atoms with E-state index in [1.165, 1.54) is 0 Å². The number of rotatable bonds is 0. The summed E-state index contributed by atoms with van der Waals surface area (Å²) in [6.07, 6.45) is 4.61. The van der Waals surface area contributed by atoms with Crippen molar-refractivity contribution < 1.29 is 4.21 Å². The third kappa shape index (κ3) is 3.45. The first-order chi connectivity index (χ1) is 2.41. The molecule has 0 unspecified atom stereocenters. The lowest BCUT2D eigenvalue weighted by molar-refractivity contribution is 0.701. The van der Waals surface area contributed by atoms with E-state index in [1.807, 2.05) is 5.92 Å². The highest BCUT2D eigenvalue weighted by Gasteiger charge is 1.40. The highest BCUT2D eigenvalue weighted by molar-refractivity contribution is 7.65. The Labute approximate surface area is 34.1 Å². The minimum Gasteiger partial charge on any atom is -0.212 e. The van der Waals surface area contributed by atoms with E-state index >= 15 is 0 Å². The molecule has 1 nitrogen and oxygen atoms in total. The van der Waals surface area contributed by atoms with Gasteiger partial charge in [-0.2, -0.15) is 0 Å². The monoisotopic (exact) mass is 86.0 g/mol. The van der Waals surface area contributed by atoms with Crippen LogP contribution in [0.5, 0.6) is 0 Å². The smallest absolute Gasteiger partial charge is 0.0976 e. The highest BCUT2D eigenvalue weighted by Crippen LogP contribution is 1.26. The molecule has 0 bridgehead atoms. The number of terminal acetylenes is 1. The molecule has 0 amide bonds. The molecule has 26 valence electrons. The van der Waals surface area contributed by atoms with E-state index in [2.05, 4.69) is 6.42 Å². The van der Waals surface area contributed by atoms with E-state index in [4.69, 9.17) is 0 Å². The molecule has 0 aromatic heterocycles. The van der Waals surface area contributed by atoms with Crippen LogP contribution in [0.15, 0.2) is 0 Å². The molecule has 0 aromatic rings. The third-order valence-electron chi connectivity index (χ3n) is 0.116. The molecule has 0 spiro atoms. The van der Waals surface area contributed by atoms with Gasteiger partial charge in [0.1, 0.15) is 0 Å². The zero-order valence-electron chi connectivity index (χ0n) is 2.47. The Morgan fingerprint density at radius 3 is 2.60 bits per heavy atom. The summed E-state index contributed by atoms with van der Waals surface area (Å²) in [7, 11) is 0. The van der Waals surface area contributed by atoms with Gasteiger partial charge < -0.3 is 0 Å². The van der Waals surface area contributed by atoms with Gasteiger partial charge in [0.15, 0.2) is 0 Å². The van der Waals surface area contributed by atoms with E-state index in [-0.39, 0.29) is 0 Å². The van der Waals surface area contributed by atoms with Crippen molar-refractivity contribution in [2.45, 2.75) is 0 Å². The van der Waals surface area contributed by atoms with Gasteiger partial charge in [-0.25, -0.2) is 4.21 Å². The van der Waals surface area contributed by atoms with Crippen LogP contribution in [0.1, 0.15) is 0 Å². The summed E-state index contributed by atoms with van der Waals surface area (Å²) in [5.74, 6) is 2.04. The fourth-order valence-corrected chi connectivity index (χ4v) is 0.0833.